The summed E-state index contributed by atoms with van der Waals surface area (Å²) in [7, 11) is 3.80. The Morgan fingerprint density at radius 1 is 1.07 bits per heavy atom. The van der Waals surface area contributed by atoms with Gasteiger partial charge in [0.05, 0.1) is 5.69 Å². The molecule has 0 atom stereocenters. The Bertz CT molecular complexity index is 1080. The molecule has 5 heteroatoms. The first-order valence-electron chi connectivity index (χ1n) is 9.65. The van der Waals surface area contributed by atoms with Crippen molar-refractivity contribution in [3.05, 3.63) is 88.7 Å². The molecule has 4 rings (SSSR count). The molecule has 1 aliphatic heterocycles. The molecule has 0 aromatic heterocycles. The van der Waals surface area contributed by atoms with E-state index >= 15 is 0 Å². The van der Waals surface area contributed by atoms with Gasteiger partial charge in [0.15, 0.2) is 0 Å². The molecule has 0 bridgehead atoms. The minimum atomic E-state index is -0.296. The lowest BCUT2D eigenvalue weighted by molar-refractivity contribution is 0.0765. The molecule has 0 fully saturated rings. The standard InChI is InChI=1S/C24H24FN3O/c1-16-8-9-18(13-23(16)27(3)26-2)17-10-11-20(22(25)12-17)15-28-14-19-6-4-5-7-21(19)24(28)29/h4-13,26H,14-15H2,1-3H3. The van der Waals surface area contributed by atoms with Gasteiger partial charge in [0.25, 0.3) is 5.91 Å². The van der Waals surface area contributed by atoms with Gasteiger partial charge in [0.1, 0.15) is 5.82 Å². The molecule has 0 radical (unpaired) electrons. The van der Waals surface area contributed by atoms with Crippen LogP contribution in [0, 0.1) is 12.7 Å². The summed E-state index contributed by atoms with van der Waals surface area (Å²) in [5, 5.41) is 1.93. The summed E-state index contributed by atoms with van der Waals surface area (Å²) in [5.74, 6) is -0.335. The van der Waals surface area contributed by atoms with E-state index in [1.54, 1.807) is 17.0 Å². The number of anilines is 1. The third kappa shape index (κ3) is 3.61. The van der Waals surface area contributed by atoms with E-state index in [1.807, 2.05) is 74.6 Å². The van der Waals surface area contributed by atoms with Crippen LogP contribution in [0.25, 0.3) is 11.1 Å². The second kappa shape index (κ2) is 7.68. The van der Waals surface area contributed by atoms with Crippen LogP contribution in [0.4, 0.5) is 10.1 Å². The van der Waals surface area contributed by atoms with E-state index in [0.29, 0.717) is 17.7 Å². The number of hydrogen-bond acceptors (Lipinski definition) is 3. The van der Waals surface area contributed by atoms with Crippen molar-refractivity contribution in [2.75, 3.05) is 19.1 Å². The predicted molar refractivity (Wildman–Crippen MR) is 114 cm³/mol. The molecule has 29 heavy (non-hydrogen) atoms. The highest BCUT2D eigenvalue weighted by molar-refractivity contribution is 5.98. The van der Waals surface area contributed by atoms with E-state index in [-0.39, 0.29) is 18.3 Å². The van der Waals surface area contributed by atoms with E-state index in [0.717, 1.165) is 27.9 Å². The van der Waals surface area contributed by atoms with Crippen LogP contribution >= 0.6 is 0 Å². The number of carbonyl (C=O) groups is 1. The third-order valence-electron chi connectivity index (χ3n) is 5.55. The Balaban J connectivity index is 1.57. The zero-order valence-electron chi connectivity index (χ0n) is 16.9. The molecule has 148 valence electrons. The lowest BCUT2D eigenvalue weighted by atomic mass is 10.0. The molecule has 0 saturated heterocycles. The minimum absolute atomic E-state index is 0.0395. The maximum Gasteiger partial charge on any atom is 0.254 e. The fourth-order valence-electron chi connectivity index (χ4n) is 3.77. The van der Waals surface area contributed by atoms with Gasteiger partial charge in [-0.25, -0.2) is 9.82 Å². The lowest BCUT2D eigenvalue weighted by Crippen LogP contribution is -2.30. The summed E-state index contributed by atoms with van der Waals surface area (Å²) < 4.78 is 14.9. The monoisotopic (exact) mass is 389 g/mol. The summed E-state index contributed by atoms with van der Waals surface area (Å²) >= 11 is 0. The third-order valence-corrected chi connectivity index (χ3v) is 5.55. The number of carbonyl (C=O) groups excluding carboxylic acids is 1. The Morgan fingerprint density at radius 2 is 1.79 bits per heavy atom. The Kier molecular flexibility index (Phi) is 5.07. The Morgan fingerprint density at radius 3 is 2.52 bits per heavy atom. The molecule has 0 spiro atoms. The van der Waals surface area contributed by atoms with E-state index in [2.05, 4.69) is 5.43 Å². The molecule has 1 aliphatic rings. The summed E-state index contributed by atoms with van der Waals surface area (Å²) in [6.45, 7) is 2.83. The van der Waals surface area contributed by atoms with Gasteiger partial charge < -0.3 is 9.91 Å². The zero-order chi connectivity index (χ0) is 20.5. The van der Waals surface area contributed by atoms with E-state index in [4.69, 9.17) is 0 Å². The number of amides is 1. The van der Waals surface area contributed by atoms with E-state index < -0.39 is 0 Å². The molecule has 1 N–H and O–H groups in total. The molecule has 3 aromatic rings. The van der Waals surface area contributed by atoms with E-state index in [9.17, 15) is 9.18 Å². The molecule has 3 aromatic carbocycles. The van der Waals surface area contributed by atoms with Crippen molar-refractivity contribution >= 4 is 11.6 Å². The summed E-state index contributed by atoms with van der Waals surface area (Å²) in [5.41, 5.74) is 9.26. The first kappa shape index (κ1) is 19.2. The lowest BCUT2D eigenvalue weighted by Gasteiger charge is -2.21. The van der Waals surface area contributed by atoms with Gasteiger partial charge in [0.2, 0.25) is 0 Å². The number of halogens is 1. The van der Waals surface area contributed by atoms with E-state index in [1.165, 1.54) is 0 Å². The molecule has 0 aliphatic carbocycles. The Labute approximate surface area is 170 Å². The fraction of sp³-hybridized carbons (Fsp3) is 0.208. The molecule has 1 heterocycles. The highest BCUT2D eigenvalue weighted by atomic mass is 19.1. The number of benzene rings is 3. The van der Waals surface area contributed by atoms with Crippen LogP contribution in [-0.4, -0.2) is 24.9 Å². The van der Waals surface area contributed by atoms with Crippen molar-refractivity contribution in [1.29, 1.82) is 0 Å². The van der Waals surface area contributed by atoms with Crippen molar-refractivity contribution in [2.24, 2.45) is 0 Å². The summed E-state index contributed by atoms with van der Waals surface area (Å²) in [6, 6.07) is 18.9. The topological polar surface area (TPSA) is 35.6 Å². The number of hydrazine groups is 1. The molecule has 0 unspecified atom stereocenters. The first-order chi connectivity index (χ1) is 14.0. The van der Waals surface area contributed by atoms with Crippen molar-refractivity contribution < 1.29 is 9.18 Å². The van der Waals surface area contributed by atoms with Gasteiger partial charge in [-0.3, -0.25) is 4.79 Å². The minimum Gasteiger partial charge on any atom is -0.330 e. The van der Waals surface area contributed by atoms with Gasteiger partial charge in [-0.1, -0.05) is 42.5 Å². The van der Waals surface area contributed by atoms with Gasteiger partial charge in [0, 0.05) is 38.3 Å². The highest BCUT2D eigenvalue weighted by Gasteiger charge is 2.27. The van der Waals surface area contributed by atoms with Crippen molar-refractivity contribution in [3.8, 4) is 11.1 Å². The Hall–Kier alpha value is -3.18. The summed E-state index contributed by atoms with van der Waals surface area (Å²) in [6.07, 6.45) is 0. The van der Waals surface area contributed by atoms with Crippen LogP contribution in [-0.2, 0) is 13.1 Å². The van der Waals surface area contributed by atoms with Gasteiger partial charge in [-0.15, -0.1) is 0 Å². The number of rotatable bonds is 5. The van der Waals surface area contributed by atoms with Crippen LogP contribution in [0.3, 0.4) is 0 Å². The number of nitrogens with one attached hydrogen (secondary N) is 1. The van der Waals surface area contributed by atoms with Gasteiger partial charge in [-0.2, -0.15) is 0 Å². The highest BCUT2D eigenvalue weighted by Crippen LogP contribution is 2.29. The van der Waals surface area contributed by atoms with Crippen LogP contribution in [0.15, 0.2) is 60.7 Å². The normalized spacial score (nSPS) is 13.0. The smallest absolute Gasteiger partial charge is 0.254 e. The van der Waals surface area contributed by atoms with Crippen LogP contribution in [0.5, 0.6) is 0 Å². The molecule has 0 saturated carbocycles. The summed E-state index contributed by atoms with van der Waals surface area (Å²) in [4.78, 5) is 14.2. The predicted octanol–water partition coefficient (Wildman–Crippen LogP) is 4.53. The van der Waals surface area contributed by atoms with Crippen molar-refractivity contribution in [1.82, 2.24) is 10.3 Å². The molecular formula is C24H24FN3O. The van der Waals surface area contributed by atoms with Crippen molar-refractivity contribution in [3.63, 3.8) is 0 Å². The SMILES string of the molecule is CNN(C)c1cc(-c2ccc(CN3Cc4ccccc4C3=O)c(F)c2)ccc1C. The second-order valence-electron chi connectivity index (χ2n) is 7.41. The van der Waals surface area contributed by atoms with Crippen molar-refractivity contribution in [2.45, 2.75) is 20.0 Å². The van der Waals surface area contributed by atoms with Gasteiger partial charge >= 0.3 is 0 Å². The molecule has 1 amide bonds. The first-order valence-corrected chi connectivity index (χ1v) is 9.65. The number of aryl methyl sites for hydroxylation is 1. The number of hydrogen-bond donors (Lipinski definition) is 1. The molecule has 4 nitrogen and oxygen atoms in total. The number of nitrogens with zero attached hydrogens (tertiary/aromatic N) is 2. The van der Waals surface area contributed by atoms with Gasteiger partial charge in [-0.05, 0) is 47.4 Å². The van der Waals surface area contributed by atoms with Crippen LogP contribution in [0.2, 0.25) is 0 Å². The quantitative estimate of drug-likeness (QED) is 0.652. The van der Waals surface area contributed by atoms with Crippen LogP contribution in [0.1, 0.15) is 27.0 Å². The fourth-order valence-corrected chi connectivity index (χ4v) is 3.77. The second-order valence-corrected chi connectivity index (χ2v) is 7.41. The number of fused-ring (bicyclic) bond motifs is 1. The maximum atomic E-state index is 14.9. The zero-order valence-corrected chi connectivity index (χ0v) is 16.9. The maximum absolute atomic E-state index is 14.9. The average Bonchev–Trinajstić information content (AvgIpc) is 3.05. The average molecular weight is 389 g/mol. The molecular weight excluding hydrogens is 365 g/mol. The largest absolute Gasteiger partial charge is 0.330 e. The van der Waals surface area contributed by atoms with Crippen LogP contribution < -0.4 is 10.4 Å².